The predicted molar refractivity (Wildman–Crippen MR) is 105 cm³/mol. The van der Waals surface area contributed by atoms with Gasteiger partial charge in [0.1, 0.15) is 21.2 Å². The van der Waals surface area contributed by atoms with Gasteiger partial charge in [0.2, 0.25) is 0 Å². The third kappa shape index (κ3) is 3.89. The molecule has 0 aliphatic heterocycles. The van der Waals surface area contributed by atoms with Crippen molar-refractivity contribution in [2.75, 3.05) is 25.7 Å². The minimum absolute atomic E-state index is 0.0320. The maximum absolute atomic E-state index is 14.1. The Morgan fingerprint density at radius 3 is 2.61 bits per heavy atom. The van der Waals surface area contributed by atoms with Crippen LogP contribution in [-0.4, -0.2) is 43.7 Å². The first-order chi connectivity index (χ1) is 13.2. The summed E-state index contributed by atoms with van der Waals surface area (Å²) in [4.78, 5) is 15.1. The minimum atomic E-state index is -3.47. The van der Waals surface area contributed by atoms with E-state index in [1.807, 2.05) is 6.92 Å². The fourth-order valence-electron chi connectivity index (χ4n) is 3.20. The van der Waals surface area contributed by atoms with Crippen LogP contribution < -0.4 is 15.2 Å². The number of para-hydroxylation sites is 1. The van der Waals surface area contributed by atoms with Crippen molar-refractivity contribution in [1.29, 1.82) is 0 Å². The van der Waals surface area contributed by atoms with Crippen LogP contribution in [0.25, 0.3) is 11.0 Å². The van der Waals surface area contributed by atoms with Gasteiger partial charge in [-0.3, -0.25) is 4.57 Å². The SMILES string of the molecule is CCOc1cc(C(CS(C)(=O)=O)n2c(=O)[nH]c3c(F)cccc32)ccc1OC. The number of fused-ring (bicyclic) bond motifs is 1. The maximum Gasteiger partial charge on any atom is 0.327 e. The van der Waals surface area contributed by atoms with Gasteiger partial charge in [0.05, 0.1) is 31.0 Å². The number of sulfone groups is 1. The summed E-state index contributed by atoms with van der Waals surface area (Å²) in [5.41, 5.74) is 0.251. The van der Waals surface area contributed by atoms with E-state index in [4.69, 9.17) is 9.47 Å². The Hall–Kier alpha value is -2.81. The third-order valence-electron chi connectivity index (χ3n) is 4.35. The Kier molecular flexibility index (Phi) is 5.46. The molecule has 3 aromatic rings. The number of halogens is 1. The number of H-pyrrole nitrogens is 1. The molecular formula is C19H21FN2O5S. The number of ether oxygens (including phenoxy) is 2. The second-order valence-electron chi connectivity index (χ2n) is 6.39. The molecule has 1 atom stereocenters. The third-order valence-corrected chi connectivity index (χ3v) is 5.27. The van der Waals surface area contributed by atoms with E-state index in [2.05, 4.69) is 4.98 Å². The molecule has 0 bridgehead atoms. The van der Waals surface area contributed by atoms with E-state index in [0.29, 0.717) is 23.7 Å². The van der Waals surface area contributed by atoms with Crippen molar-refractivity contribution < 1.29 is 22.3 Å². The van der Waals surface area contributed by atoms with Crippen molar-refractivity contribution in [2.45, 2.75) is 13.0 Å². The number of imidazole rings is 1. The standard InChI is InChI=1S/C19H21FN2O5S/c1-4-27-17-10-12(8-9-16(17)26-2)15(11-28(3,24)25)22-14-7-5-6-13(20)18(14)21-19(22)23/h5-10,15H,4,11H2,1-3H3,(H,21,23). The molecule has 1 N–H and O–H groups in total. The minimum Gasteiger partial charge on any atom is -0.493 e. The molecule has 1 unspecified atom stereocenters. The van der Waals surface area contributed by atoms with Gasteiger partial charge in [-0.25, -0.2) is 17.6 Å². The van der Waals surface area contributed by atoms with Gasteiger partial charge in [0.25, 0.3) is 0 Å². The molecule has 9 heteroatoms. The van der Waals surface area contributed by atoms with Gasteiger partial charge in [0.15, 0.2) is 11.5 Å². The summed E-state index contributed by atoms with van der Waals surface area (Å²) in [6.45, 7) is 2.20. The molecule has 0 saturated heterocycles. The molecular weight excluding hydrogens is 387 g/mol. The molecule has 0 spiro atoms. The lowest BCUT2D eigenvalue weighted by Gasteiger charge is -2.20. The molecule has 0 amide bonds. The normalized spacial score (nSPS) is 12.9. The lowest BCUT2D eigenvalue weighted by atomic mass is 10.1. The van der Waals surface area contributed by atoms with E-state index < -0.39 is 27.4 Å². The molecule has 1 aromatic heterocycles. The lowest BCUT2D eigenvalue weighted by molar-refractivity contribution is 0.310. The zero-order chi connectivity index (χ0) is 20.5. The van der Waals surface area contributed by atoms with Crippen molar-refractivity contribution in [1.82, 2.24) is 9.55 Å². The monoisotopic (exact) mass is 408 g/mol. The van der Waals surface area contributed by atoms with Crippen LogP contribution in [0.2, 0.25) is 0 Å². The fourth-order valence-corrected chi connectivity index (χ4v) is 4.11. The smallest absolute Gasteiger partial charge is 0.327 e. The molecule has 150 valence electrons. The van der Waals surface area contributed by atoms with E-state index in [0.717, 1.165) is 6.26 Å². The molecule has 0 aliphatic rings. The Morgan fingerprint density at radius 1 is 1.21 bits per heavy atom. The van der Waals surface area contributed by atoms with Crippen LogP contribution in [-0.2, 0) is 9.84 Å². The zero-order valence-electron chi connectivity index (χ0n) is 15.7. The van der Waals surface area contributed by atoms with Crippen LogP contribution in [0.1, 0.15) is 18.5 Å². The number of nitrogens with zero attached hydrogens (tertiary/aromatic N) is 1. The molecule has 0 radical (unpaired) electrons. The number of aromatic nitrogens is 2. The number of benzene rings is 2. The summed E-state index contributed by atoms with van der Waals surface area (Å²) < 4.78 is 50.4. The highest BCUT2D eigenvalue weighted by Gasteiger charge is 2.25. The molecule has 0 saturated carbocycles. The van der Waals surface area contributed by atoms with E-state index >= 15 is 0 Å². The quantitative estimate of drug-likeness (QED) is 0.649. The van der Waals surface area contributed by atoms with Gasteiger partial charge in [-0.05, 0) is 36.8 Å². The van der Waals surface area contributed by atoms with E-state index in [1.54, 1.807) is 24.3 Å². The van der Waals surface area contributed by atoms with Crippen molar-refractivity contribution in [3.05, 3.63) is 58.3 Å². The highest BCUT2D eigenvalue weighted by atomic mass is 32.2. The largest absolute Gasteiger partial charge is 0.493 e. The summed E-state index contributed by atoms with van der Waals surface area (Å²) in [6.07, 6.45) is 1.09. The molecule has 3 rings (SSSR count). The first-order valence-corrected chi connectivity index (χ1v) is 10.7. The van der Waals surface area contributed by atoms with E-state index in [1.165, 1.54) is 23.8 Å². The molecule has 2 aromatic carbocycles. The second-order valence-corrected chi connectivity index (χ2v) is 8.57. The van der Waals surface area contributed by atoms with Gasteiger partial charge < -0.3 is 14.5 Å². The van der Waals surface area contributed by atoms with Crippen LogP contribution in [0.15, 0.2) is 41.2 Å². The van der Waals surface area contributed by atoms with Gasteiger partial charge in [0, 0.05) is 6.26 Å². The van der Waals surface area contributed by atoms with Crippen LogP contribution in [0.5, 0.6) is 11.5 Å². The van der Waals surface area contributed by atoms with Crippen molar-refractivity contribution in [2.24, 2.45) is 0 Å². The summed E-state index contributed by atoms with van der Waals surface area (Å²) in [7, 11) is -1.97. The number of aromatic amines is 1. The molecule has 0 aliphatic carbocycles. The van der Waals surface area contributed by atoms with Crippen molar-refractivity contribution in [3.8, 4) is 11.5 Å². The van der Waals surface area contributed by atoms with Crippen LogP contribution in [0.3, 0.4) is 0 Å². The summed E-state index contributed by atoms with van der Waals surface area (Å²) in [5, 5.41) is 0. The first kappa shape index (κ1) is 19.9. The van der Waals surface area contributed by atoms with E-state index in [9.17, 15) is 17.6 Å². The second kappa shape index (κ2) is 7.67. The van der Waals surface area contributed by atoms with Crippen LogP contribution in [0.4, 0.5) is 4.39 Å². The van der Waals surface area contributed by atoms with Gasteiger partial charge >= 0.3 is 5.69 Å². The number of nitrogens with one attached hydrogen (secondary N) is 1. The fraction of sp³-hybridized carbons (Fsp3) is 0.316. The van der Waals surface area contributed by atoms with Gasteiger partial charge in [-0.15, -0.1) is 0 Å². The highest BCUT2D eigenvalue weighted by Crippen LogP contribution is 2.33. The predicted octanol–water partition coefficient (Wildman–Crippen LogP) is 2.51. The summed E-state index contributed by atoms with van der Waals surface area (Å²) in [5.74, 6) is -0.00820. The maximum atomic E-state index is 14.1. The van der Waals surface area contributed by atoms with Gasteiger partial charge in [-0.2, -0.15) is 0 Å². The number of rotatable bonds is 7. The Labute approximate surface area is 161 Å². The van der Waals surface area contributed by atoms with Crippen molar-refractivity contribution in [3.63, 3.8) is 0 Å². The van der Waals surface area contributed by atoms with Gasteiger partial charge in [-0.1, -0.05) is 12.1 Å². The topological polar surface area (TPSA) is 90.4 Å². The summed E-state index contributed by atoms with van der Waals surface area (Å²) in [6, 6.07) is 8.36. The number of hydrogen-bond acceptors (Lipinski definition) is 5. The Balaban J connectivity index is 2.25. The van der Waals surface area contributed by atoms with Crippen LogP contribution >= 0.6 is 0 Å². The molecule has 7 nitrogen and oxygen atoms in total. The lowest BCUT2D eigenvalue weighted by Crippen LogP contribution is -2.28. The number of methoxy groups -OCH3 is 1. The van der Waals surface area contributed by atoms with E-state index in [-0.39, 0.29) is 16.8 Å². The number of hydrogen-bond donors (Lipinski definition) is 1. The van der Waals surface area contributed by atoms with Crippen LogP contribution in [0, 0.1) is 5.82 Å². The zero-order valence-corrected chi connectivity index (χ0v) is 16.5. The average molecular weight is 408 g/mol. The Morgan fingerprint density at radius 2 is 1.96 bits per heavy atom. The highest BCUT2D eigenvalue weighted by molar-refractivity contribution is 7.90. The van der Waals surface area contributed by atoms with Crippen molar-refractivity contribution >= 4 is 20.9 Å². The summed E-state index contributed by atoms with van der Waals surface area (Å²) >= 11 is 0. The molecule has 28 heavy (non-hydrogen) atoms. The average Bonchev–Trinajstić information content (AvgIpc) is 2.96. The first-order valence-electron chi connectivity index (χ1n) is 8.62. The Bertz CT molecular complexity index is 1170. The molecule has 0 fully saturated rings. The molecule has 1 heterocycles.